The summed E-state index contributed by atoms with van der Waals surface area (Å²) in [4.78, 5) is 0. The molecule has 12 heavy (non-hydrogen) atoms. The summed E-state index contributed by atoms with van der Waals surface area (Å²) >= 11 is 0. The van der Waals surface area contributed by atoms with Gasteiger partial charge in [-0.25, -0.2) is 0 Å². The molecule has 1 unspecified atom stereocenters. The molecule has 0 rings (SSSR count). The summed E-state index contributed by atoms with van der Waals surface area (Å²) in [6.07, 6.45) is 1.46. The van der Waals surface area contributed by atoms with Crippen molar-refractivity contribution < 1.29 is 15.3 Å². The number of aliphatic hydroxyl groups is 3. The molecule has 0 aliphatic rings. The Kier molecular flexibility index (Phi) is 36.1. The molecule has 1 atom stereocenters. The van der Waals surface area contributed by atoms with Crippen LogP contribution in [0.5, 0.6) is 0 Å². The maximum atomic E-state index is 8.75. The van der Waals surface area contributed by atoms with Crippen LogP contribution < -0.4 is 0 Å². The standard InChI is InChI=1S/C6H14O3.3Li.3H/c7-4-2-1-3-6(9)5-8;;;;;;/h6-9H,1-5H2;;;;;;. The molecule has 0 amide bonds. The normalized spacial score (nSPS) is 10.2. The van der Waals surface area contributed by atoms with Crippen molar-refractivity contribution in [2.75, 3.05) is 13.2 Å². The second-order valence-corrected chi connectivity index (χ2v) is 2.06. The van der Waals surface area contributed by atoms with Crippen LogP contribution in [0.3, 0.4) is 0 Å². The summed E-state index contributed by atoms with van der Waals surface area (Å²) in [5.41, 5.74) is 0. The zero-order valence-electron chi connectivity index (χ0n) is 5.45. The van der Waals surface area contributed by atoms with Crippen molar-refractivity contribution in [2.24, 2.45) is 0 Å². The van der Waals surface area contributed by atoms with E-state index in [0.717, 1.165) is 6.42 Å². The first-order valence-corrected chi connectivity index (χ1v) is 3.21. The minimum absolute atomic E-state index is 0. The van der Waals surface area contributed by atoms with E-state index in [0.29, 0.717) is 12.8 Å². The third kappa shape index (κ3) is 17.7. The van der Waals surface area contributed by atoms with Crippen LogP contribution in [-0.2, 0) is 0 Å². The number of hydrogen-bond acceptors (Lipinski definition) is 3. The molecule has 0 spiro atoms. The van der Waals surface area contributed by atoms with Gasteiger partial charge >= 0.3 is 56.6 Å². The number of rotatable bonds is 5. The van der Waals surface area contributed by atoms with Crippen molar-refractivity contribution >= 4 is 56.6 Å². The van der Waals surface area contributed by atoms with Gasteiger partial charge < -0.3 is 15.3 Å². The van der Waals surface area contributed by atoms with E-state index in [4.69, 9.17) is 15.3 Å². The molecule has 0 saturated heterocycles. The zero-order valence-corrected chi connectivity index (χ0v) is 5.45. The van der Waals surface area contributed by atoms with Gasteiger partial charge in [-0.05, 0) is 19.3 Å². The quantitative estimate of drug-likeness (QED) is 0.307. The number of hydrogen-bond donors (Lipinski definition) is 3. The summed E-state index contributed by atoms with van der Waals surface area (Å²) in [6, 6.07) is 0. The van der Waals surface area contributed by atoms with Gasteiger partial charge in [0.05, 0.1) is 12.7 Å². The average Bonchev–Trinajstić information content (AvgIpc) is 1.89. The molecule has 0 saturated carbocycles. The summed E-state index contributed by atoms with van der Waals surface area (Å²) in [5, 5.41) is 25.4. The molecule has 0 aliphatic heterocycles. The Morgan fingerprint density at radius 3 is 1.75 bits per heavy atom. The van der Waals surface area contributed by atoms with E-state index in [2.05, 4.69) is 0 Å². The van der Waals surface area contributed by atoms with E-state index in [1.165, 1.54) is 0 Å². The number of aliphatic hydroxyl groups excluding tert-OH is 3. The van der Waals surface area contributed by atoms with Crippen LogP contribution in [0.1, 0.15) is 19.3 Å². The summed E-state index contributed by atoms with van der Waals surface area (Å²) in [7, 11) is 0. The first kappa shape index (κ1) is 23.5. The molecule has 0 aliphatic carbocycles. The molecule has 0 heterocycles. The minimum atomic E-state index is -0.600. The van der Waals surface area contributed by atoms with Crippen LogP contribution in [0.4, 0.5) is 0 Å². The van der Waals surface area contributed by atoms with E-state index in [9.17, 15) is 0 Å². The summed E-state index contributed by atoms with van der Waals surface area (Å²) < 4.78 is 0. The fourth-order valence-corrected chi connectivity index (χ4v) is 0.583. The van der Waals surface area contributed by atoms with Crippen molar-refractivity contribution in [3.63, 3.8) is 0 Å². The van der Waals surface area contributed by atoms with E-state index < -0.39 is 6.10 Å². The maximum absolute atomic E-state index is 8.75. The number of unbranched alkanes of at least 4 members (excludes halogenated alkanes) is 1. The van der Waals surface area contributed by atoms with Crippen molar-refractivity contribution in [1.29, 1.82) is 0 Å². The van der Waals surface area contributed by atoms with Crippen LogP contribution in [0.25, 0.3) is 0 Å². The molecule has 3 nitrogen and oxygen atoms in total. The molecule has 0 radical (unpaired) electrons. The van der Waals surface area contributed by atoms with Gasteiger partial charge in [0, 0.05) is 6.61 Å². The van der Waals surface area contributed by atoms with Crippen molar-refractivity contribution in [1.82, 2.24) is 0 Å². The van der Waals surface area contributed by atoms with Crippen molar-refractivity contribution in [3.05, 3.63) is 0 Å². The molecule has 0 bridgehead atoms. The average molecular weight is 158 g/mol. The van der Waals surface area contributed by atoms with Gasteiger partial charge in [-0.15, -0.1) is 0 Å². The van der Waals surface area contributed by atoms with E-state index in [-0.39, 0.29) is 69.8 Å². The van der Waals surface area contributed by atoms with Crippen LogP contribution in [0.15, 0.2) is 0 Å². The van der Waals surface area contributed by atoms with Gasteiger partial charge in [-0.3, -0.25) is 0 Å². The Labute approximate surface area is 110 Å². The van der Waals surface area contributed by atoms with Gasteiger partial charge in [-0.1, -0.05) is 0 Å². The molecule has 0 aromatic heterocycles. The van der Waals surface area contributed by atoms with Gasteiger partial charge in [0.25, 0.3) is 0 Å². The van der Waals surface area contributed by atoms with E-state index in [1.54, 1.807) is 0 Å². The third-order valence-corrected chi connectivity index (χ3v) is 1.16. The Hall–Kier alpha value is 1.67. The van der Waals surface area contributed by atoms with Crippen LogP contribution in [0, 0.1) is 0 Å². The summed E-state index contributed by atoms with van der Waals surface area (Å²) in [6.45, 7) is -0.0103. The first-order valence-electron chi connectivity index (χ1n) is 3.21. The molecule has 3 N–H and O–H groups in total. The fraction of sp³-hybridized carbons (Fsp3) is 1.00. The fourth-order valence-electron chi connectivity index (χ4n) is 0.583. The predicted molar refractivity (Wildman–Crippen MR) is 55.5 cm³/mol. The zero-order chi connectivity index (χ0) is 7.11. The molecule has 0 aromatic carbocycles. The first-order chi connectivity index (χ1) is 4.31. The molecular weight excluding hydrogens is 141 g/mol. The van der Waals surface area contributed by atoms with Gasteiger partial charge in [0.2, 0.25) is 0 Å². The van der Waals surface area contributed by atoms with Gasteiger partial charge in [0.15, 0.2) is 0 Å². The third-order valence-electron chi connectivity index (χ3n) is 1.16. The molecule has 6 heteroatoms. The Morgan fingerprint density at radius 1 is 0.917 bits per heavy atom. The van der Waals surface area contributed by atoms with E-state index >= 15 is 0 Å². The van der Waals surface area contributed by atoms with Crippen molar-refractivity contribution in [2.45, 2.75) is 25.4 Å². The second-order valence-electron chi connectivity index (χ2n) is 2.06. The predicted octanol–water partition coefficient (Wildman–Crippen LogP) is -2.44. The van der Waals surface area contributed by atoms with E-state index in [1.807, 2.05) is 0 Å². The molecule has 0 aromatic rings. The molecule has 0 fully saturated rings. The van der Waals surface area contributed by atoms with Crippen LogP contribution >= 0.6 is 0 Å². The molecular formula is C6H17Li3O3. The van der Waals surface area contributed by atoms with Crippen molar-refractivity contribution in [3.8, 4) is 0 Å². The topological polar surface area (TPSA) is 60.7 Å². The van der Waals surface area contributed by atoms with Gasteiger partial charge in [0.1, 0.15) is 0 Å². The van der Waals surface area contributed by atoms with Gasteiger partial charge in [-0.2, -0.15) is 0 Å². The monoisotopic (exact) mass is 158 g/mol. The SMILES string of the molecule is OCCCCC(O)CO.[LiH].[LiH].[LiH]. The Bertz CT molecular complexity index is 66.0. The Balaban J connectivity index is -0.000000107. The van der Waals surface area contributed by atoms with Crippen LogP contribution in [-0.4, -0.2) is 91.2 Å². The van der Waals surface area contributed by atoms with Crippen LogP contribution in [0.2, 0.25) is 0 Å². The molecule has 62 valence electrons. The second kappa shape index (κ2) is 18.5. The Morgan fingerprint density at radius 2 is 1.42 bits per heavy atom. The summed E-state index contributed by atoms with van der Waals surface area (Å²) in [5.74, 6) is 0.